The molecule has 1 saturated carbocycles. The molecular formula is C24H25F5N2O4S. The Morgan fingerprint density at radius 3 is 2.36 bits per heavy atom. The molecule has 36 heavy (non-hydrogen) atoms. The summed E-state index contributed by atoms with van der Waals surface area (Å²) in [6.07, 6.45) is -0.135. The van der Waals surface area contributed by atoms with Gasteiger partial charge >= 0.3 is 5.76 Å². The van der Waals surface area contributed by atoms with Gasteiger partial charge in [0.1, 0.15) is 23.6 Å². The molecule has 0 unspecified atom stereocenters. The first-order valence-corrected chi connectivity index (χ1v) is 12.8. The summed E-state index contributed by atoms with van der Waals surface area (Å²) in [6, 6.07) is 4.69. The largest absolute Gasteiger partial charge is 0.372 e. The molecule has 2 fully saturated rings. The minimum Gasteiger partial charge on any atom is -0.372 e. The molecule has 0 aromatic heterocycles. The van der Waals surface area contributed by atoms with Crippen molar-refractivity contribution in [1.29, 1.82) is 0 Å². The van der Waals surface area contributed by atoms with Gasteiger partial charge in [-0.3, -0.25) is 4.79 Å². The number of alkyl halides is 2. The maximum absolute atomic E-state index is 15.6. The minimum atomic E-state index is -5.01. The first-order valence-electron chi connectivity index (χ1n) is 11.2. The molecule has 1 aliphatic carbocycles. The number of methoxy groups -OCH3 is 1. The van der Waals surface area contributed by atoms with E-state index in [4.69, 9.17) is 4.74 Å². The third kappa shape index (κ3) is 4.98. The van der Waals surface area contributed by atoms with Crippen LogP contribution in [0.5, 0.6) is 0 Å². The van der Waals surface area contributed by atoms with Gasteiger partial charge in [-0.15, -0.1) is 0 Å². The predicted octanol–water partition coefficient (Wildman–Crippen LogP) is 3.85. The maximum atomic E-state index is 15.6. The monoisotopic (exact) mass is 532 g/mol. The van der Waals surface area contributed by atoms with Crippen LogP contribution in [0.4, 0.5) is 22.0 Å². The fraction of sp³-hybridized carbons (Fsp3) is 0.458. The van der Waals surface area contributed by atoms with Crippen molar-refractivity contribution in [2.75, 3.05) is 13.7 Å². The van der Waals surface area contributed by atoms with Crippen LogP contribution in [0.2, 0.25) is 0 Å². The highest BCUT2D eigenvalue weighted by Crippen LogP contribution is 2.56. The topological polar surface area (TPSA) is 75.7 Å². The summed E-state index contributed by atoms with van der Waals surface area (Å²) >= 11 is 0. The second-order valence-corrected chi connectivity index (χ2v) is 11.0. The van der Waals surface area contributed by atoms with Crippen molar-refractivity contribution < 1.29 is 39.9 Å². The molecule has 12 heteroatoms. The fourth-order valence-electron chi connectivity index (χ4n) is 4.90. The Hall–Kier alpha value is -2.57. The molecule has 1 saturated heterocycles. The van der Waals surface area contributed by atoms with Crippen LogP contribution in [0.1, 0.15) is 25.3 Å². The average molecular weight is 533 g/mol. The Morgan fingerprint density at radius 1 is 1.17 bits per heavy atom. The van der Waals surface area contributed by atoms with Gasteiger partial charge in [0, 0.05) is 36.7 Å². The predicted molar refractivity (Wildman–Crippen MR) is 121 cm³/mol. The SMILES string of the molecule is CO[C@H](C)C(=O)N1CC2(CC2)[C@H](NS(=O)(=O)C(F)F)[C@@H]1Cc1cccc(-c2cc(F)cc(F)c2)c1F. The summed E-state index contributed by atoms with van der Waals surface area (Å²) in [5, 5.41) is 0. The van der Waals surface area contributed by atoms with Crippen LogP contribution in [-0.2, 0) is 26.0 Å². The zero-order valence-electron chi connectivity index (χ0n) is 19.5. The van der Waals surface area contributed by atoms with Crippen LogP contribution in [0.15, 0.2) is 36.4 Å². The number of rotatable bonds is 8. The van der Waals surface area contributed by atoms with E-state index in [1.54, 1.807) is 0 Å². The van der Waals surface area contributed by atoms with Crippen LogP contribution in [0, 0.1) is 22.9 Å². The Morgan fingerprint density at radius 2 is 1.81 bits per heavy atom. The number of amides is 1. The molecular weight excluding hydrogens is 507 g/mol. The third-order valence-electron chi connectivity index (χ3n) is 7.01. The summed E-state index contributed by atoms with van der Waals surface area (Å²) in [6.45, 7) is 1.59. The van der Waals surface area contributed by atoms with Crippen LogP contribution in [0.25, 0.3) is 11.1 Å². The van der Waals surface area contributed by atoms with E-state index in [2.05, 4.69) is 4.72 Å². The molecule has 3 atom stereocenters. The van der Waals surface area contributed by atoms with E-state index in [-0.39, 0.29) is 29.7 Å². The Balaban J connectivity index is 1.75. The number of ether oxygens (including phenoxy) is 1. The normalized spacial score (nSPS) is 21.8. The Kier molecular flexibility index (Phi) is 7.15. The lowest BCUT2D eigenvalue weighted by Gasteiger charge is -2.31. The first-order chi connectivity index (χ1) is 16.9. The van der Waals surface area contributed by atoms with Gasteiger partial charge in [0.05, 0.1) is 6.04 Å². The van der Waals surface area contributed by atoms with Gasteiger partial charge in [-0.2, -0.15) is 8.78 Å². The number of sulfonamides is 1. The van der Waals surface area contributed by atoms with Gasteiger partial charge in [0.25, 0.3) is 15.9 Å². The molecule has 1 aliphatic heterocycles. The molecule has 4 rings (SSSR count). The van der Waals surface area contributed by atoms with E-state index >= 15 is 4.39 Å². The number of benzene rings is 2. The molecule has 0 bridgehead atoms. The molecule has 2 aromatic carbocycles. The van der Waals surface area contributed by atoms with E-state index in [1.807, 2.05) is 0 Å². The lowest BCUT2D eigenvalue weighted by molar-refractivity contribution is -0.142. The van der Waals surface area contributed by atoms with Gasteiger partial charge < -0.3 is 9.64 Å². The van der Waals surface area contributed by atoms with Crippen molar-refractivity contribution in [1.82, 2.24) is 9.62 Å². The average Bonchev–Trinajstić information content (AvgIpc) is 3.53. The van der Waals surface area contributed by atoms with Crippen molar-refractivity contribution in [3.63, 3.8) is 0 Å². The van der Waals surface area contributed by atoms with Crippen molar-refractivity contribution in [2.24, 2.45) is 5.41 Å². The molecule has 196 valence electrons. The van der Waals surface area contributed by atoms with Gasteiger partial charge in [-0.1, -0.05) is 18.2 Å². The molecule has 1 spiro atoms. The zero-order chi connectivity index (χ0) is 26.4. The summed E-state index contributed by atoms with van der Waals surface area (Å²) in [5.41, 5.74) is -0.870. The van der Waals surface area contributed by atoms with Crippen LogP contribution < -0.4 is 4.72 Å². The molecule has 0 radical (unpaired) electrons. The molecule has 1 amide bonds. The van der Waals surface area contributed by atoms with Crippen molar-refractivity contribution in [3.8, 4) is 11.1 Å². The third-order valence-corrected chi connectivity index (χ3v) is 8.07. The van der Waals surface area contributed by atoms with E-state index in [1.165, 1.54) is 37.1 Å². The molecule has 6 nitrogen and oxygen atoms in total. The van der Waals surface area contributed by atoms with Crippen LogP contribution >= 0.6 is 0 Å². The molecule has 2 aliphatic rings. The van der Waals surface area contributed by atoms with Crippen molar-refractivity contribution >= 4 is 15.9 Å². The standard InChI is InChI=1S/C24H25F5N2O4S/c1-13(35-2)22(32)31-12-24(6-7-24)21(30-36(33,34)23(28)29)19(31)10-14-4-3-5-18(20(14)27)15-8-16(25)11-17(26)9-15/h3-5,8-9,11,13,19,21,23,30H,6-7,10,12H2,1-2H3/t13-,19+,21-/m1/s1. The fourth-order valence-corrected chi connectivity index (χ4v) is 5.77. The van der Waals surface area contributed by atoms with E-state index < -0.39 is 62.7 Å². The number of carbonyl (C=O) groups is 1. The summed E-state index contributed by atoms with van der Waals surface area (Å²) in [5.74, 6) is -6.78. The highest BCUT2D eigenvalue weighted by atomic mass is 32.2. The zero-order valence-corrected chi connectivity index (χ0v) is 20.3. The molecule has 1 N–H and O–H groups in total. The van der Waals surface area contributed by atoms with E-state index in [9.17, 15) is 30.8 Å². The van der Waals surface area contributed by atoms with Gasteiger partial charge in [-0.05, 0) is 49.4 Å². The number of nitrogens with zero attached hydrogens (tertiary/aromatic N) is 1. The van der Waals surface area contributed by atoms with E-state index in [0.29, 0.717) is 18.9 Å². The van der Waals surface area contributed by atoms with Gasteiger partial charge in [0.15, 0.2) is 0 Å². The number of carbonyl (C=O) groups excluding carboxylic acids is 1. The number of nitrogens with one attached hydrogen (secondary N) is 1. The van der Waals surface area contributed by atoms with Crippen molar-refractivity contribution in [2.45, 2.75) is 50.1 Å². The van der Waals surface area contributed by atoms with Crippen molar-refractivity contribution in [3.05, 3.63) is 59.4 Å². The van der Waals surface area contributed by atoms with Gasteiger partial charge in [-0.25, -0.2) is 26.3 Å². The summed E-state index contributed by atoms with van der Waals surface area (Å²) < 4.78 is 101. The maximum Gasteiger partial charge on any atom is 0.350 e. The number of hydrogen-bond donors (Lipinski definition) is 1. The highest BCUT2D eigenvalue weighted by molar-refractivity contribution is 7.89. The van der Waals surface area contributed by atoms with Crippen LogP contribution in [0.3, 0.4) is 0 Å². The van der Waals surface area contributed by atoms with Gasteiger partial charge in [0.2, 0.25) is 0 Å². The van der Waals surface area contributed by atoms with E-state index in [0.717, 1.165) is 12.1 Å². The summed E-state index contributed by atoms with van der Waals surface area (Å²) in [4.78, 5) is 14.4. The second-order valence-electron chi connectivity index (χ2n) is 9.32. The Bertz CT molecular complexity index is 1250. The number of likely N-dealkylation sites (tertiary alicyclic amines) is 1. The second kappa shape index (κ2) is 9.71. The molecule has 2 aromatic rings. The lowest BCUT2D eigenvalue weighted by Crippen LogP contribution is -2.52. The molecule has 1 heterocycles. The summed E-state index contributed by atoms with van der Waals surface area (Å²) in [7, 11) is -3.69. The number of hydrogen-bond acceptors (Lipinski definition) is 4. The lowest BCUT2D eigenvalue weighted by atomic mass is 9.91. The number of halogens is 5. The smallest absolute Gasteiger partial charge is 0.350 e. The first kappa shape index (κ1) is 26.5. The quantitative estimate of drug-likeness (QED) is 0.525. The van der Waals surface area contributed by atoms with Crippen LogP contribution in [-0.4, -0.2) is 56.8 Å². The minimum absolute atomic E-state index is 0.0315. The Labute approximate surface area is 205 Å². The highest BCUT2D eigenvalue weighted by Gasteiger charge is 2.62.